The lowest BCUT2D eigenvalue weighted by Gasteiger charge is -1.97. The minimum absolute atomic E-state index is 0.240. The van der Waals surface area contributed by atoms with Crippen LogP contribution in [0.4, 0.5) is 0 Å². The van der Waals surface area contributed by atoms with Gasteiger partial charge in [0, 0.05) is 0 Å². The van der Waals surface area contributed by atoms with Gasteiger partial charge in [0.15, 0.2) is 0 Å². The fourth-order valence-electron chi connectivity index (χ4n) is 0.949. The van der Waals surface area contributed by atoms with Crippen molar-refractivity contribution in [3.63, 3.8) is 0 Å². The lowest BCUT2D eigenvalue weighted by molar-refractivity contribution is 1.39. The third-order valence-electron chi connectivity index (χ3n) is 1.63. The van der Waals surface area contributed by atoms with E-state index in [-0.39, 0.29) is 5.70 Å². The van der Waals surface area contributed by atoms with Crippen molar-refractivity contribution in [2.45, 2.75) is 6.92 Å². The summed E-state index contributed by atoms with van der Waals surface area (Å²) in [4.78, 5) is 0. The predicted molar refractivity (Wildman–Crippen MR) is 49.0 cm³/mol. The number of rotatable bonds is 1. The van der Waals surface area contributed by atoms with Crippen molar-refractivity contribution in [1.29, 1.82) is 5.26 Å². The summed E-state index contributed by atoms with van der Waals surface area (Å²) in [7, 11) is 0. The van der Waals surface area contributed by atoms with Crippen LogP contribution in [0.2, 0.25) is 0 Å². The van der Waals surface area contributed by atoms with E-state index in [1.165, 1.54) is 0 Å². The Labute approximate surface area is 71.9 Å². The summed E-state index contributed by atoms with van der Waals surface area (Å²) in [5, 5.41) is 8.44. The Hall–Kier alpha value is -1.75. The Kier molecular flexibility index (Phi) is 2.49. The predicted octanol–water partition coefficient (Wildman–Crippen LogP) is 1.82. The van der Waals surface area contributed by atoms with Crippen LogP contribution in [0.5, 0.6) is 0 Å². The van der Waals surface area contributed by atoms with E-state index < -0.39 is 0 Å². The highest BCUT2D eigenvalue weighted by Gasteiger charge is 1.92. The number of allylic oxidation sites excluding steroid dienone is 1. The second-order valence-electron chi connectivity index (χ2n) is 2.57. The molecule has 2 nitrogen and oxygen atoms in total. The number of nitrogens with zero attached hydrogens (tertiary/aromatic N) is 1. The molecule has 2 N–H and O–H groups in total. The van der Waals surface area contributed by atoms with Crippen molar-refractivity contribution in [1.82, 2.24) is 0 Å². The second-order valence-corrected chi connectivity index (χ2v) is 2.57. The minimum atomic E-state index is 0.240. The molecule has 1 aromatic carbocycles. The molecule has 0 unspecified atom stereocenters. The van der Waals surface area contributed by atoms with E-state index in [0.29, 0.717) is 0 Å². The van der Waals surface area contributed by atoms with Crippen molar-refractivity contribution in [3.05, 3.63) is 41.1 Å². The van der Waals surface area contributed by atoms with Gasteiger partial charge in [-0.15, -0.1) is 0 Å². The van der Waals surface area contributed by atoms with E-state index in [0.717, 1.165) is 11.1 Å². The molecule has 0 spiro atoms. The first-order valence-electron chi connectivity index (χ1n) is 3.67. The first-order chi connectivity index (χ1) is 5.74. The average Bonchev–Trinajstić information content (AvgIpc) is 2.09. The average molecular weight is 158 g/mol. The molecule has 12 heavy (non-hydrogen) atoms. The number of hydrogen-bond donors (Lipinski definition) is 1. The summed E-state index contributed by atoms with van der Waals surface area (Å²) < 4.78 is 0. The van der Waals surface area contributed by atoms with Gasteiger partial charge in [-0.2, -0.15) is 5.26 Å². The molecule has 0 bridgehead atoms. The van der Waals surface area contributed by atoms with Crippen LogP contribution in [0.3, 0.4) is 0 Å². The van der Waals surface area contributed by atoms with E-state index in [1.807, 2.05) is 37.3 Å². The largest absolute Gasteiger partial charge is 0.390 e. The molecule has 0 heterocycles. The zero-order valence-corrected chi connectivity index (χ0v) is 6.91. The highest BCUT2D eigenvalue weighted by Crippen LogP contribution is 2.09. The number of nitriles is 1. The van der Waals surface area contributed by atoms with Gasteiger partial charge >= 0.3 is 0 Å². The highest BCUT2D eigenvalue weighted by atomic mass is 14.6. The van der Waals surface area contributed by atoms with Crippen molar-refractivity contribution in [3.8, 4) is 6.07 Å². The van der Waals surface area contributed by atoms with Crippen molar-refractivity contribution in [2.24, 2.45) is 5.73 Å². The molecule has 0 aromatic heterocycles. The fraction of sp³-hybridized carbons (Fsp3) is 0.100. The molecule has 60 valence electrons. The Balaban J connectivity index is 3.06. The molecular weight excluding hydrogens is 148 g/mol. The molecule has 0 aliphatic rings. The maximum Gasteiger partial charge on any atom is 0.117 e. The maximum atomic E-state index is 8.44. The SMILES string of the molecule is Cc1ccccc1/C=C(/N)C#N. The van der Waals surface area contributed by atoms with Gasteiger partial charge in [-0.05, 0) is 24.1 Å². The second kappa shape index (κ2) is 3.59. The first-order valence-corrected chi connectivity index (χ1v) is 3.67. The van der Waals surface area contributed by atoms with Crippen LogP contribution in [0.25, 0.3) is 6.08 Å². The Morgan fingerprint density at radius 3 is 2.75 bits per heavy atom. The van der Waals surface area contributed by atoms with Crippen LogP contribution in [-0.2, 0) is 0 Å². The van der Waals surface area contributed by atoms with E-state index in [1.54, 1.807) is 6.08 Å². The van der Waals surface area contributed by atoms with Gasteiger partial charge < -0.3 is 5.73 Å². The normalized spacial score (nSPS) is 10.8. The third kappa shape index (κ3) is 1.86. The molecule has 0 saturated carbocycles. The molecule has 0 radical (unpaired) electrons. The molecular formula is C10H10N2. The zero-order chi connectivity index (χ0) is 8.97. The van der Waals surface area contributed by atoms with Crippen LogP contribution in [0, 0.1) is 18.3 Å². The summed E-state index contributed by atoms with van der Waals surface area (Å²) in [5.41, 5.74) is 7.73. The Morgan fingerprint density at radius 2 is 2.17 bits per heavy atom. The number of nitrogens with two attached hydrogens (primary N) is 1. The molecule has 0 aliphatic carbocycles. The summed E-state index contributed by atoms with van der Waals surface area (Å²) in [6, 6.07) is 9.67. The molecule has 0 fully saturated rings. The van der Waals surface area contributed by atoms with E-state index >= 15 is 0 Å². The van der Waals surface area contributed by atoms with Gasteiger partial charge in [0.25, 0.3) is 0 Å². The lowest BCUT2D eigenvalue weighted by atomic mass is 10.1. The molecule has 0 saturated heterocycles. The maximum absolute atomic E-state index is 8.44. The van der Waals surface area contributed by atoms with Gasteiger partial charge in [-0.3, -0.25) is 0 Å². The van der Waals surface area contributed by atoms with Crippen molar-refractivity contribution < 1.29 is 0 Å². The Bertz CT molecular complexity index is 345. The standard InChI is InChI=1S/C10H10N2/c1-8-4-2-3-5-9(8)6-10(12)7-11/h2-6H,12H2,1H3/b10-6+. The van der Waals surface area contributed by atoms with E-state index in [9.17, 15) is 0 Å². The number of aryl methyl sites for hydroxylation is 1. The molecule has 0 atom stereocenters. The smallest absolute Gasteiger partial charge is 0.117 e. The first kappa shape index (κ1) is 8.35. The van der Waals surface area contributed by atoms with Crippen molar-refractivity contribution >= 4 is 6.08 Å². The number of hydrogen-bond acceptors (Lipinski definition) is 2. The van der Waals surface area contributed by atoms with Crippen LogP contribution >= 0.6 is 0 Å². The molecule has 0 aliphatic heterocycles. The van der Waals surface area contributed by atoms with Crippen LogP contribution < -0.4 is 5.73 Å². The molecule has 1 rings (SSSR count). The molecule has 1 aromatic rings. The quantitative estimate of drug-likeness (QED) is 0.634. The van der Waals surface area contributed by atoms with Gasteiger partial charge in [-0.25, -0.2) is 0 Å². The van der Waals surface area contributed by atoms with Gasteiger partial charge in [0.2, 0.25) is 0 Å². The van der Waals surface area contributed by atoms with Gasteiger partial charge in [0.05, 0.1) is 0 Å². The summed E-state index contributed by atoms with van der Waals surface area (Å²) in [6.45, 7) is 1.98. The monoisotopic (exact) mass is 158 g/mol. The lowest BCUT2D eigenvalue weighted by Crippen LogP contribution is -1.92. The van der Waals surface area contributed by atoms with Crippen LogP contribution in [0.15, 0.2) is 30.0 Å². The Morgan fingerprint density at radius 1 is 1.50 bits per heavy atom. The molecule has 0 amide bonds. The highest BCUT2D eigenvalue weighted by molar-refractivity contribution is 5.58. The van der Waals surface area contributed by atoms with E-state index in [2.05, 4.69) is 0 Å². The van der Waals surface area contributed by atoms with E-state index in [4.69, 9.17) is 11.0 Å². The summed E-state index contributed by atoms with van der Waals surface area (Å²) in [5.74, 6) is 0. The molecule has 2 heteroatoms. The van der Waals surface area contributed by atoms with Crippen LogP contribution in [0.1, 0.15) is 11.1 Å². The minimum Gasteiger partial charge on any atom is -0.390 e. The number of benzene rings is 1. The van der Waals surface area contributed by atoms with Gasteiger partial charge in [0.1, 0.15) is 11.8 Å². The van der Waals surface area contributed by atoms with Crippen LogP contribution in [-0.4, -0.2) is 0 Å². The van der Waals surface area contributed by atoms with Crippen molar-refractivity contribution in [2.75, 3.05) is 0 Å². The fourth-order valence-corrected chi connectivity index (χ4v) is 0.949. The summed E-state index contributed by atoms with van der Waals surface area (Å²) >= 11 is 0. The topological polar surface area (TPSA) is 49.8 Å². The third-order valence-corrected chi connectivity index (χ3v) is 1.63. The summed E-state index contributed by atoms with van der Waals surface area (Å²) in [6.07, 6.45) is 1.68. The van der Waals surface area contributed by atoms with Gasteiger partial charge in [-0.1, -0.05) is 24.3 Å². The zero-order valence-electron chi connectivity index (χ0n) is 6.91.